The van der Waals surface area contributed by atoms with E-state index in [2.05, 4.69) is 51.9 Å². The molecule has 0 aliphatic carbocycles. The molecule has 2 rings (SSSR count). The molecule has 2 heterocycles. The highest BCUT2D eigenvalue weighted by atomic mass is 32.1. The van der Waals surface area contributed by atoms with Crippen molar-refractivity contribution >= 4 is 17.3 Å². The predicted molar refractivity (Wildman–Crippen MR) is 93.9 cm³/mol. The molecule has 1 saturated heterocycles. The number of nitrogens with one attached hydrogen (secondary N) is 2. The highest BCUT2D eigenvalue weighted by Crippen LogP contribution is 2.15. The molecule has 0 saturated carbocycles. The Kier molecular flexibility index (Phi) is 6.67. The van der Waals surface area contributed by atoms with Crippen molar-refractivity contribution in [2.24, 2.45) is 4.99 Å². The van der Waals surface area contributed by atoms with Crippen LogP contribution in [0.5, 0.6) is 0 Å². The molecule has 124 valence electrons. The molecule has 1 aromatic heterocycles. The summed E-state index contributed by atoms with van der Waals surface area (Å²) in [5.41, 5.74) is 0.0924. The summed E-state index contributed by atoms with van der Waals surface area (Å²) in [6.45, 7) is 9.96. The number of hydrogen-bond donors (Lipinski definition) is 2. The second-order valence-electron chi connectivity index (χ2n) is 6.09. The standard InChI is InChI=1S/C16H28N4OS/c1-16(2,20-8-10-21-11-9-20)13-19-15(17-3)18-7-6-14-5-4-12-22-14/h4-5,12H,6-11,13H2,1-3H3,(H2,17,18,19). The van der Waals surface area contributed by atoms with Gasteiger partial charge in [0.05, 0.1) is 13.2 Å². The Hall–Kier alpha value is -1.11. The van der Waals surface area contributed by atoms with Gasteiger partial charge in [-0.3, -0.25) is 9.89 Å². The van der Waals surface area contributed by atoms with E-state index in [0.717, 1.165) is 51.8 Å². The SMILES string of the molecule is CN=C(NCCc1cccs1)NCC(C)(C)N1CCOCC1. The molecule has 0 bridgehead atoms. The van der Waals surface area contributed by atoms with E-state index in [1.54, 1.807) is 11.3 Å². The fourth-order valence-corrected chi connectivity index (χ4v) is 3.27. The molecule has 5 nitrogen and oxygen atoms in total. The first-order chi connectivity index (χ1) is 10.6. The zero-order valence-electron chi connectivity index (χ0n) is 13.9. The summed E-state index contributed by atoms with van der Waals surface area (Å²) in [7, 11) is 1.82. The maximum absolute atomic E-state index is 5.43. The van der Waals surface area contributed by atoms with Crippen LogP contribution in [-0.4, -0.2) is 62.8 Å². The second kappa shape index (κ2) is 8.50. The van der Waals surface area contributed by atoms with Gasteiger partial charge in [0.25, 0.3) is 0 Å². The van der Waals surface area contributed by atoms with Gasteiger partial charge in [0.1, 0.15) is 0 Å². The van der Waals surface area contributed by atoms with E-state index in [-0.39, 0.29) is 5.54 Å². The van der Waals surface area contributed by atoms with E-state index in [0.29, 0.717) is 0 Å². The van der Waals surface area contributed by atoms with E-state index >= 15 is 0 Å². The molecular formula is C16H28N4OS. The average Bonchev–Trinajstić information content (AvgIpc) is 3.05. The smallest absolute Gasteiger partial charge is 0.191 e. The molecule has 0 atom stereocenters. The number of aliphatic imine (C=N–C) groups is 1. The maximum atomic E-state index is 5.43. The highest BCUT2D eigenvalue weighted by Gasteiger charge is 2.28. The minimum absolute atomic E-state index is 0.0924. The topological polar surface area (TPSA) is 48.9 Å². The molecule has 0 spiro atoms. The van der Waals surface area contributed by atoms with Gasteiger partial charge in [0.15, 0.2) is 5.96 Å². The van der Waals surface area contributed by atoms with Gasteiger partial charge in [-0.05, 0) is 31.7 Å². The molecule has 1 fully saturated rings. The summed E-state index contributed by atoms with van der Waals surface area (Å²) >= 11 is 1.80. The first kappa shape index (κ1) is 17.2. The van der Waals surface area contributed by atoms with Gasteiger partial charge in [-0.25, -0.2) is 0 Å². The fourth-order valence-electron chi connectivity index (χ4n) is 2.56. The number of hydrogen-bond acceptors (Lipinski definition) is 4. The number of thiophene rings is 1. The van der Waals surface area contributed by atoms with Gasteiger partial charge in [0, 0.05) is 43.6 Å². The first-order valence-electron chi connectivity index (χ1n) is 7.91. The lowest BCUT2D eigenvalue weighted by molar-refractivity contribution is -0.00833. The molecule has 0 amide bonds. The third-order valence-corrected chi connectivity index (χ3v) is 4.96. The Bertz CT molecular complexity index is 453. The lowest BCUT2D eigenvalue weighted by Gasteiger charge is -2.41. The van der Waals surface area contributed by atoms with Crippen molar-refractivity contribution in [1.82, 2.24) is 15.5 Å². The molecule has 2 N–H and O–H groups in total. The molecule has 1 aliphatic heterocycles. The van der Waals surface area contributed by atoms with Crippen molar-refractivity contribution in [3.05, 3.63) is 22.4 Å². The molecule has 0 aromatic carbocycles. The zero-order valence-corrected chi connectivity index (χ0v) is 14.7. The summed E-state index contributed by atoms with van der Waals surface area (Å²) in [6, 6.07) is 4.27. The number of rotatable bonds is 6. The van der Waals surface area contributed by atoms with Gasteiger partial charge in [0.2, 0.25) is 0 Å². The van der Waals surface area contributed by atoms with Gasteiger partial charge < -0.3 is 15.4 Å². The van der Waals surface area contributed by atoms with Crippen LogP contribution in [0.2, 0.25) is 0 Å². The van der Waals surface area contributed by atoms with Crippen LogP contribution in [0.1, 0.15) is 18.7 Å². The molecule has 1 aliphatic rings. The predicted octanol–water partition coefficient (Wildman–Crippen LogP) is 1.57. The van der Waals surface area contributed by atoms with Crippen LogP contribution in [0.25, 0.3) is 0 Å². The van der Waals surface area contributed by atoms with E-state index in [1.165, 1.54) is 4.88 Å². The van der Waals surface area contributed by atoms with Crippen LogP contribution in [0.15, 0.2) is 22.5 Å². The average molecular weight is 324 g/mol. The second-order valence-corrected chi connectivity index (χ2v) is 7.13. The van der Waals surface area contributed by atoms with Crippen molar-refractivity contribution in [3.8, 4) is 0 Å². The third-order valence-electron chi connectivity index (χ3n) is 4.02. The molecular weight excluding hydrogens is 296 g/mol. The third kappa shape index (κ3) is 5.26. The summed E-state index contributed by atoms with van der Waals surface area (Å²) in [4.78, 5) is 8.18. The van der Waals surface area contributed by atoms with Crippen LogP contribution in [0.3, 0.4) is 0 Å². The molecule has 1 aromatic rings. The minimum atomic E-state index is 0.0924. The van der Waals surface area contributed by atoms with Gasteiger partial charge >= 0.3 is 0 Å². The lowest BCUT2D eigenvalue weighted by Crippen LogP contribution is -2.56. The Morgan fingerprint density at radius 3 is 2.77 bits per heavy atom. The molecule has 0 unspecified atom stereocenters. The number of morpholine rings is 1. The maximum Gasteiger partial charge on any atom is 0.191 e. The van der Waals surface area contributed by atoms with Crippen LogP contribution in [0.4, 0.5) is 0 Å². The van der Waals surface area contributed by atoms with Crippen molar-refractivity contribution in [3.63, 3.8) is 0 Å². The van der Waals surface area contributed by atoms with E-state index < -0.39 is 0 Å². The van der Waals surface area contributed by atoms with Crippen molar-refractivity contribution in [1.29, 1.82) is 0 Å². The van der Waals surface area contributed by atoms with Gasteiger partial charge in [-0.15, -0.1) is 11.3 Å². The Labute approximate surface area is 137 Å². The van der Waals surface area contributed by atoms with Gasteiger partial charge in [-0.1, -0.05) is 6.07 Å². The molecule has 6 heteroatoms. The molecule has 22 heavy (non-hydrogen) atoms. The number of ether oxygens (including phenoxy) is 1. The summed E-state index contributed by atoms with van der Waals surface area (Å²) in [5, 5.41) is 8.95. The van der Waals surface area contributed by atoms with Gasteiger partial charge in [-0.2, -0.15) is 0 Å². The van der Waals surface area contributed by atoms with Crippen LogP contribution in [-0.2, 0) is 11.2 Å². The van der Waals surface area contributed by atoms with Crippen molar-refractivity contribution in [2.45, 2.75) is 25.8 Å². The summed E-state index contributed by atoms with van der Waals surface area (Å²) in [5.74, 6) is 0.873. The number of nitrogens with zero attached hydrogens (tertiary/aromatic N) is 2. The Balaban J connectivity index is 1.72. The zero-order chi connectivity index (χ0) is 15.8. The Morgan fingerprint density at radius 1 is 1.36 bits per heavy atom. The fraction of sp³-hybridized carbons (Fsp3) is 0.688. The van der Waals surface area contributed by atoms with E-state index in [4.69, 9.17) is 4.74 Å². The quantitative estimate of drug-likeness (QED) is 0.616. The molecule has 0 radical (unpaired) electrons. The lowest BCUT2D eigenvalue weighted by atomic mass is 10.0. The summed E-state index contributed by atoms with van der Waals surface area (Å²) < 4.78 is 5.43. The summed E-state index contributed by atoms with van der Waals surface area (Å²) in [6.07, 6.45) is 1.03. The van der Waals surface area contributed by atoms with Crippen LogP contribution < -0.4 is 10.6 Å². The Morgan fingerprint density at radius 2 is 2.14 bits per heavy atom. The first-order valence-corrected chi connectivity index (χ1v) is 8.79. The van der Waals surface area contributed by atoms with Crippen molar-refractivity contribution in [2.75, 3.05) is 46.4 Å². The normalized spacial score (nSPS) is 17.5. The van der Waals surface area contributed by atoms with Crippen LogP contribution >= 0.6 is 11.3 Å². The number of guanidine groups is 1. The monoisotopic (exact) mass is 324 g/mol. The largest absolute Gasteiger partial charge is 0.379 e. The van der Waals surface area contributed by atoms with Crippen LogP contribution in [0, 0.1) is 0 Å². The highest BCUT2D eigenvalue weighted by molar-refractivity contribution is 7.09. The van der Waals surface area contributed by atoms with E-state index in [1.807, 2.05) is 7.05 Å². The van der Waals surface area contributed by atoms with Crippen molar-refractivity contribution < 1.29 is 4.74 Å². The minimum Gasteiger partial charge on any atom is -0.379 e. The van der Waals surface area contributed by atoms with E-state index in [9.17, 15) is 0 Å².